The topological polar surface area (TPSA) is 79.4 Å². The summed E-state index contributed by atoms with van der Waals surface area (Å²) in [4.78, 5) is 43.5. The monoisotopic (exact) mass is 439 g/mol. The predicted octanol–water partition coefficient (Wildman–Crippen LogP) is 4.67. The normalized spacial score (nSPS) is 14.9. The lowest BCUT2D eigenvalue weighted by molar-refractivity contribution is -0.123. The average Bonchev–Trinajstić information content (AvgIpc) is 3.28. The number of amides is 2. The van der Waals surface area contributed by atoms with E-state index in [0.29, 0.717) is 21.8 Å². The Morgan fingerprint density at radius 2 is 1.61 bits per heavy atom. The average molecular weight is 440 g/mol. The number of nitrogens with one attached hydrogen (secondary N) is 1. The molecule has 1 saturated heterocycles. The Morgan fingerprint density at radius 3 is 2.16 bits per heavy atom. The first-order valence-electron chi connectivity index (χ1n) is 10.5. The molecule has 0 radical (unpaired) electrons. The Labute approximate surface area is 187 Å². The molecule has 0 bridgehead atoms. The van der Waals surface area contributed by atoms with Crippen molar-refractivity contribution in [3.05, 3.63) is 53.7 Å². The molecule has 1 N–H and O–H groups in total. The summed E-state index contributed by atoms with van der Waals surface area (Å²) in [6, 6.07) is 10.5. The maximum Gasteiger partial charge on any atom is 0.255 e. The lowest BCUT2D eigenvalue weighted by atomic mass is 9.95. The zero-order chi connectivity index (χ0) is 22.6. The SMILES string of the molecule is CC(Sc1ccc(C(=O)N2CCCC2)cn1)C(=O)c1ccc(NC(=O)C(C)(C)C)cc1. The summed E-state index contributed by atoms with van der Waals surface area (Å²) in [6.45, 7) is 9.00. The third kappa shape index (κ3) is 5.94. The summed E-state index contributed by atoms with van der Waals surface area (Å²) in [7, 11) is 0. The summed E-state index contributed by atoms with van der Waals surface area (Å²) >= 11 is 1.36. The largest absolute Gasteiger partial charge is 0.339 e. The van der Waals surface area contributed by atoms with Crippen molar-refractivity contribution in [2.45, 2.75) is 50.8 Å². The Balaban J connectivity index is 1.58. The highest BCUT2D eigenvalue weighted by molar-refractivity contribution is 8.00. The highest BCUT2D eigenvalue weighted by Gasteiger charge is 2.22. The van der Waals surface area contributed by atoms with Crippen LogP contribution in [0.25, 0.3) is 0 Å². The molecule has 1 aromatic carbocycles. The number of likely N-dealkylation sites (tertiary alicyclic amines) is 1. The van der Waals surface area contributed by atoms with Crippen molar-refractivity contribution >= 4 is 35.0 Å². The number of rotatable bonds is 6. The van der Waals surface area contributed by atoms with Gasteiger partial charge in [-0.3, -0.25) is 14.4 Å². The predicted molar refractivity (Wildman–Crippen MR) is 124 cm³/mol. The van der Waals surface area contributed by atoms with Crippen molar-refractivity contribution in [3.8, 4) is 0 Å². The number of benzene rings is 1. The smallest absolute Gasteiger partial charge is 0.255 e. The fourth-order valence-corrected chi connectivity index (χ4v) is 4.05. The summed E-state index contributed by atoms with van der Waals surface area (Å²) < 4.78 is 0. The number of hydrogen-bond acceptors (Lipinski definition) is 5. The molecule has 2 amide bonds. The number of hydrogen-bond donors (Lipinski definition) is 1. The summed E-state index contributed by atoms with van der Waals surface area (Å²) in [5, 5.41) is 3.23. The van der Waals surface area contributed by atoms with Crippen LogP contribution in [-0.2, 0) is 4.79 Å². The Hall–Kier alpha value is -2.67. The highest BCUT2D eigenvalue weighted by Crippen LogP contribution is 2.25. The van der Waals surface area contributed by atoms with Gasteiger partial charge in [0.05, 0.1) is 15.8 Å². The quantitative estimate of drug-likeness (QED) is 0.523. The minimum atomic E-state index is -0.485. The number of anilines is 1. The van der Waals surface area contributed by atoms with E-state index < -0.39 is 5.41 Å². The van der Waals surface area contributed by atoms with E-state index in [1.54, 1.807) is 42.6 Å². The van der Waals surface area contributed by atoms with Gasteiger partial charge in [0.2, 0.25) is 5.91 Å². The molecule has 0 spiro atoms. The minimum absolute atomic E-state index is 0.0160. The van der Waals surface area contributed by atoms with Gasteiger partial charge in [0.15, 0.2) is 5.78 Å². The van der Waals surface area contributed by atoms with Crippen LogP contribution in [0.1, 0.15) is 61.3 Å². The van der Waals surface area contributed by atoms with Gasteiger partial charge in [-0.25, -0.2) is 4.98 Å². The summed E-state index contributed by atoms with van der Waals surface area (Å²) in [5.41, 5.74) is 1.34. The Kier molecular flexibility index (Phi) is 7.15. The molecular weight excluding hydrogens is 410 g/mol. The molecule has 1 fully saturated rings. The lowest BCUT2D eigenvalue weighted by Gasteiger charge is -2.18. The number of Topliss-reactive ketones (excluding diaryl/α,β-unsaturated/α-hetero) is 1. The van der Waals surface area contributed by atoms with Gasteiger partial charge in [-0.05, 0) is 56.2 Å². The van der Waals surface area contributed by atoms with Crippen LogP contribution in [0.5, 0.6) is 0 Å². The van der Waals surface area contributed by atoms with Gasteiger partial charge in [0.25, 0.3) is 5.91 Å². The van der Waals surface area contributed by atoms with Gasteiger partial charge < -0.3 is 10.2 Å². The Bertz CT molecular complexity index is 944. The van der Waals surface area contributed by atoms with E-state index in [2.05, 4.69) is 10.3 Å². The molecule has 0 saturated carbocycles. The molecule has 1 aliphatic rings. The van der Waals surface area contributed by atoms with E-state index in [9.17, 15) is 14.4 Å². The van der Waals surface area contributed by atoms with Crippen LogP contribution in [0.15, 0.2) is 47.6 Å². The first-order valence-corrected chi connectivity index (χ1v) is 11.4. The molecule has 3 rings (SSSR count). The molecule has 0 aliphatic carbocycles. The molecule has 164 valence electrons. The number of carbonyl (C=O) groups excluding carboxylic acids is 3. The van der Waals surface area contributed by atoms with Gasteiger partial charge in [-0.15, -0.1) is 0 Å². The van der Waals surface area contributed by atoms with Gasteiger partial charge in [-0.2, -0.15) is 0 Å². The molecule has 6 nitrogen and oxygen atoms in total. The van der Waals surface area contributed by atoms with Gasteiger partial charge in [0, 0.05) is 36.0 Å². The number of carbonyl (C=O) groups is 3. The molecule has 31 heavy (non-hydrogen) atoms. The van der Waals surface area contributed by atoms with Crippen molar-refractivity contribution in [1.29, 1.82) is 0 Å². The minimum Gasteiger partial charge on any atom is -0.339 e. The number of thioether (sulfide) groups is 1. The third-order valence-corrected chi connectivity index (χ3v) is 6.20. The molecule has 7 heteroatoms. The second kappa shape index (κ2) is 9.64. The maximum atomic E-state index is 12.8. The molecule has 2 aromatic rings. The second-order valence-electron chi connectivity index (χ2n) is 8.79. The van der Waals surface area contributed by atoms with E-state index in [-0.39, 0.29) is 22.8 Å². The molecular formula is C24H29N3O3S. The number of ketones is 1. The van der Waals surface area contributed by atoms with E-state index in [1.807, 2.05) is 32.6 Å². The first-order chi connectivity index (χ1) is 14.6. The number of aromatic nitrogens is 1. The van der Waals surface area contributed by atoms with Crippen molar-refractivity contribution in [1.82, 2.24) is 9.88 Å². The summed E-state index contributed by atoms with van der Waals surface area (Å²) in [5.74, 6) is -0.0738. The Morgan fingerprint density at radius 1 is 1.00 bits per heavy atom. The van der Waals surface area contributed by atoms with Crippen molar-refractivity contribution in [2.75, 3.05) is 18.4 Å². The van der Waals surface area contributed by atoms with E-state index in [4.69, 9.17) is 0 Å². The number of nitrogens with zero attached hydrogens (tertiary/aromatic N) is 2. The van der Waals surface area contributed by atoms with Crippen LogP contribution in [0.3, 0.4) is 0 Å². The van der Waals surface area contributed by atoms with Crippen molar-refractivity contribution < 1.29 is 14.4 Å². The second-order valence-corrected chi connectivity index (χ2v) is 10.2. The van der Waals surface area contributed by atoms with Crippen LogP contribution >= 0.6 is 11.8 Å². The van der Waals surface area contributed by atoms with Gasteiger partial charge in [0.1, 0.15) is 0 Å². The zero-order valence-corrected chi connectivity index (χ0v) is 19.3. The van der Waals surface area contributed by atoms with Crippen molar-refractivity contribution in [3.63, 3.8) is 0 Å². The van der Waals surface area contributed by atoms with Crippen LogP contribution < -0.4 is 5.32 Å². The molecule has 2 heterocycles. The molecule has 1 aliphatic heterocycles. The number of pyridine rings is 1. The van der Waals surface area contributed by atoms with Gasteiger partial charge in [-0.1, -0.05) is 32.5 Å². The molecule has 1 atom stereocenters. The fraction of sp³-hybridized carbons (Fsp3) is 0.417. The fourth-order valence-electron chi connectivity index (χ4n) is 3.19. The summed E-state index contributed by atoms with van der Waals surface area (Å²) in [6.07, 6.45) is 3.69. The standard InChI is InChI=1S/C24H29N3O3S/c1-16(21(28)17-7-10-19(11-8-17)26-23(30)24(2,3)4)31-20-12-9-18(15-25-20)22(29)27-13-5-6-14-27/h7-12,15-16H,5-6,13-14H2,1-4H3,(H,26,30). The molecule has 1 aromatic heterocycles. The van der Waals surface area contributed by atoms with E-state index in [1.165, 1.54) is 11.8 Å². The third-order valence-electron chi connectivity index (χ3n) is 5.15. The van der Waals surface area contributed by atoms with E-state index in [0.717, 1.165) is 25.9 Å². The first kappa shape index (κ1) is 23.0. The molecule has 1 unspecified atom stereocenters. The van der Waals surface area contributed by atoms with Crippen LogP contribution in [0.2, 0.25) is 0 Å². The lowest BCUT2D eigenvalue weighted by Crippen LogP contribution is -2.27. The highest BCUT2D eigenvalue weighted by atomic mass is 32.2. The zero-order valence-electron chi connectivity index (χ0n) is 18.5. The van der Waals surface area contributed by atoms with Crippen molar-refractivity contribution in [2.24, 2.45) is 5.41 Å². The maximum absolute atomic E-state index is 12.8. The van der Waals surface area contributed by atoms with Gasteiger partial charge >= 0.3 is 0 Å². The van der Waals surface area contributed by atoms with E-state index >= 15 is 0 Å². The van der Waals surface area contributed by atoms with Crippen LogP contribution in [-0.4, -0.2) is 45.8 Å². The van der Waals surface area contributed by atoms with Crippen LogP contribution in [0.4, 0.5) is 5.69 Å². The van der Waals surface area contributed by atoms with Crippen LogP contribution in [0, 0.1) is 5.41 Å².